The lowest BCUT2D eigenvalue weighted by Crippen LogP contribution is -1.86. The van der Waals surface area contributed by atoms with E-state index in [2.05, 4.69) is 35.1 Å². The van der Waals surface area contributed by atoms with Gasteiger partial charge < -0.3 is 9.97 Å². The lowest BCUT2D eigenvalue weighted by molar-refractivity contribution is 0.662. The molecule has 2 nitrogen and oxygen atoms in total. The molecule has 0 spiro atoms. The van der Waals surface area contributed by atoms with Gasteiger partial charge in [0.05, 0.1) is 11.4 Å². The van der Waals surface area contributed by atoms with E-state index in [4.69, 9.17) is 0 Å². The van der Waals surface area contributed by atoms with Crippen molar-refractivity contribution in [1.82, 2.24) is 9.97 Å². The molecule has 0 bridgehead atoms. The third kappa shape index (κ3) is 2.78. The van der Waals surface area contributed by atoms with Gasteiger partial charge in [-0.2, -0.15) is 0 Å². The minimum Gasteiger partial charge on any atom is -0.360 e. The third-order valence-corrected chi connectivity index (χ3v) is 2.93. The van der Waals surface area contributed by atoms with Crippen LogP contribution in [0.5, 0.6) is 0 Å². The van der Waals surface area contributed by atoms with Gasteiger partial charge in [0.2, 0.25) is 0 Å². The molecule has 0 saturated carbocycles. The Hall–Kier alpha value is -1.44. The number of H-pyrrole nitrogens is 2. The van der Waals surface area contributed by atoms with E-state index in [0.29, 0.717) is 0 Å². The van der Waals surface area contributed by atoms with Crippen LogP contribution >= 0.6 is 0 Å². The molecule has 0 aliphatic heterocycles. The van der Waals surface area contributed by atoms with Crippen molar-refractivity contribution < 1.29 is 0 Å². The second-order valence-corrected chi connectivity index (χ2v) is 4.29. The summed E-state index contributed by atoms with van der Waals surface area (Å²) >= 11 is 0. The quantitative estimate of drug-likeness (QED) is 0.680. The van der Waals surface area contributed by atoms with E-state index in [0.717, 1.165) is 0 Å². The Morgan fingerprint density at radius 2 is 1.94 bits per heavy atom. The van der Waals surface area contributed by atoms with E-state index >= 15 is 0 Å². The zero-order chi connectivity index (χ0) is 11.2. The standard InChI is InChI=1S/C14H20N2/c1-2-3-4-5-7-12-9-10-14(16-12)13-8-6-11-15-13/h6,8-11,15-16H,2-5,7H2,1H3. The fraction of sp³-hybridized carbons (Fsp3) is 0.429. The average molecular weight is 216 g/mol. The molecule has 0 unspecified atom stereocenters. The van der Waals surface area contributed by atoms with Gasteiger partial charge in [0.25, 0.3) is 0 Å². The number of rotatable bonds is 6. The Bertz CT molecular complexity index is 398. The van der Waals surface area contributed by atoms with Gasteiger partial charge in [0.1, 0.15) is 0 Å². The summed E-state index contributed by atoms with van der Waals surface area (Å²) in [5.74, 6) is 0. The molecule has 0 radical (unpaired) electrons. The molecule has 0 amide bonds. The first-order chi connectivity index (χ1) is 7.90. The van der Waals surface area contributed by atoms with Gasteiger partial charge in [0.15, 0.2) is 0 Å². The minimum absolute atomic E-state index is 1.17. The van der Waals surface area contributed by atoms with Gasteiger partial charge in [-0.05, 0) is 37.1 Å². The monoisotopic (exact) mass is 216 g/mol. The summed E-state index contributed by atoms with van der Waals surface area (Å²) in [6, 6.07) is 8.47. The lowest BCUT2D eigenvalue weighted by Gasteiger charge is -1.98. The molecule has 0 aliphatic carbocycles. The highest BCUT2D eigenvalue weighted by atomic mass is 14.8. The van der Waals surface area contributed by atoms with Crippen molar-refractivity contribution in [2.75, 3.05) is 0 Å². The van der Waals surface area contributed by atoms with Crippen molar-refractivity contribution in [3.05, 3.63) is 36.2 Å². The zero-order valence-corrected chi connectivity index (χ0v) is 9.92. The zero-order valence-electron chi connectivity index (χ0n) is 9.92. The first-order valence-electron chi connectivity index (χ1n) is 6.22. The van der Waals surface area contributed by atoms with E-state index < -0.39 is 0 Å². The summed E-state index contributed by atoms with van der Waals surface area (Å²) < 4.78 is 0. The maximum absolute atomic E-state index is 3.46. The number of aromatic nitrogens is 2. The van der Waals surface area contributed by atoms with Crippen LogP contribution in [0.3, 0.4) is 0 Å². The second-order valence-electron chi connectivity index (χ2n) is 4.29. The highest BCUT2D eigenvalue weighted by Crippen LogP contribution is 2.17. The second kappa shape index (κ2) is 5.59. The van der Waals surface area contributed by atoms with E-state index in [1.54, 1.807) is 0 Å². The summed E-state index contributed by atoms with van der Waals surface area (Å²) in [5, 5.41) is 0. The molecule has 2 N–H and O–H groups in total. The van der Waals surface area contributed by atoms with Gasteiger partial charge in [0, 0.05) is 11.9 Å². The van der Waals surface area contributed by atoms with E-state index in [1.165, 1.54) is 49.2 Å². The molecule has 2 rings (SSSR count). The molecule has 0 saturated heterocycles. The predicted octanol–water partition coefficient (Wildman–Crippen LogP) is 4.13. The Balaban J connectivity index is 1.88. The molecule has 86 valence electrons. The van der Waals surface area contributed by atoms with Gasteiger partial charge in [-0.1, -0.05) is 26.2 Å². The largest absolute Gasteiger partial charge is 0.360 e. The highest BCUT2D eigenvalue weighted by Gasteiger charge is 2.01. The van der Waals surface area contributed by atoms with Gasteiger partial charge in [-0.25, -0.2) is 0 Å². The first-order valence-corrected chi connectivity index (χ1v) is 6.22. The van der Waals surface area contributed by atoms with E-state index in [-0.39, 0.29) is 0 Å². The van der Waals surface area contributed by atoms with Gasteiger partial charge >= 0.3 is 0 Å². The topological polar surface area (TPSA) is 31.6 Å². The number of aryl methyl sites for hydroxylation is 1. The molecule has 2 heteroatoms. The molecular weight excluding hydrogens is 196 g/mol. The summed E-state index contributed by atoms with van der Waals surface area (Å²) in [5.41, 5.74) is 3.70. The number of nitrogens with one attached hydrogen (secondary N) is 2. The molecule has 0 aromatic carbocycles. The van der Waals surface area contributed by atoms with Crippen LogP contribution in [0.1, 0.15) is 38.3 Å². The Morgan fingerprint density at radius 3 is 2.69 bits per heavy atom. The highest BCUT2D eigenvalue weighted by molar-refractivity contribution is 5.55. The number of unbranched alkanes of at least 4 members (excludes halogenated alkanes) is 3. The van der Waals surface area contributed by atoms with Crippen molar-refractivity contribution in [3.8, 4) is 11.4 Å². The van der Waals surface area contributed by atoms with Crippen LogP contribution in [0.2, 0.25) is 0 Å². The van der Waals surface area contributed by atoms with Crippen molar-refractivity contribution in [1.29, 1.82) is 0 Å². The Morgan fingerprint density at radius 1 is 1.00 bits per heavy atom. The summed E-state index contributed by atoms with van der Waals surface area (Å²) in [7, 11) is 0. The van der Waals surface area contributed by atoms with Crippen molar-refractivity contribution >= 4 is 0 Å². The van der Waals surface area contributed by atoms with Crippen LogP contribution in [-0.4, -0.2) is 9.97 Å². The number of hydrogen-bond acceptors (Lipinski definition) is 0. The van der Waals surface area contributed by atoms with Crippen LogP contribution in [0, 0.1) is 0 Å². The van der Waals surface area contributed by atoms with Crippen LogP contribution in [0.15, 0.2) is 30.5 Å². The molecule has 2 aromatic rings. The minimum atomic E-state index is 1.17. The van der Waals surface area contributed by atoms with Crippen LogP contribution in [-0.2, 0) is 6.42 Å². The third-order valence-electron chi connectivity index (χ3n) is 2.93. The predicted molar refractivity (Wildman–Crippen MR) is 68.4 cm³/mol. The molecule has 0 fully saturated rings. The van der Waals surface area contributed by atoms with Crippen molar-refractivity contribution in [3.63, 3.8) is 0 Å². The molecule has 16 heavy (non-hydrogen) atoms. The normalized spacial score (nSPS) is 10.8. The van der Waals surface area contributed by atoms with Gasteiger partial charge in [-0.15, -0.1) is 0 Å². The van der Waals surface area contributed by atoms with E-state index in [1.807, 2.05) is 12.3 Å². The maximum atomic E-state index is 3.46. The van der Waals surface area contributed by atoms with E-state index in [9.17, 15) is 0 Å². The Labute approximate surface area is 97.1 Å². The lowest BCUT2D eigenvalue weighted by atomic mass is 10.1. The molecule has 0 atom stereocenters. The molecular formula is C14H20N2. The fourth-order valence-corrected chi connectivity index (χ4v) is 1.98. The van der Waals surface area contributed by atoms with Crippen molar-refractivity contribution in [2.24, 2.45) is 0 Å². The van der Waals surface area contributed by atoms with Crippen LogP contribution in [0.4, 0.5) is 0 Å². The fourth-order valence-electron chi connectivity index (χ4n) is 1.98. The summed E-state index contributed by atoms with van der Waals surface area (Å²) in [6.07, 6.45) is 8.41. The maximum Gasteiger partial charge on any atom is 0.0621 e. The van der Waals surface area contributed by atoms with Crippen molar-refractivity contribution in [2.45, 2.75) is 39.0 Å². The molecule has 2 aromatic heterocycles. The van der Waals surface area contributed by atoms with Gasteiger partial charge in [-0.3, -0.25) is 0 Å². The Kier molecular flexibility index (Phi) is 3.86. The first kappa shape index (κ1) is 11.1. The summed E-state index contributed by atoms with van der Waals surface area (Å²) in [4.78, 5) is 6.67. The van der Waals surface area contributed by atoms with Crippen LogP contribution in [0.25, 0.3) is 11.4 Å². The number of aromatic amines is 2. The smallest absolute Gasteiger partial charge is 0.0621 e. The molecule has 0 aliphatic rings. The van der Waals surface area contributed by atoms with Crippen LogP contribution < -0.4 is 0 Å². The summed E-state index contributed by atoms with van der Waals surface area (Å²) in [6.45, 7) is 2.25. The average Bonchev–Trinajstić information content (AvgIpc) is 2.94. The molecule has 2 heterocycles. The SMILES string of the molecule is CCCCCCc1ccc(-c2ccc[nH]2)[nH]1. The number of hydrogen-bond donors (Lipinski definition) is 2.